The molecule has 0 spiro atoms. The van der Waals surface area contributed by atoms with Crippen molar-refractivity contribution in [1.29, 1.82) is 5.26 Å². The number of anilines is 1. The molecule has 1 atom stereocenters. The van der Waals surface area contributed by atoms with E-state index in [0.29, 0.717) is 27.2 Å². The van der Waals surface area contributed by atoms with Gasteiger partial charge in [-0.3, -0.25) is 4.79 Å². The van der Waals surface area contributed by atoms with Crippen molar-refractivity contribution < 1.29 is 18.7 Å². The van der Waals surface area contributed by atoms with Crippen LogP contribution in [0, 0.1) is 11.3 Å². The van der Waals surface area contributed by atoms with Crippen molar-refractivity contribution in [3.8, 4) is 6.07 Å². The van der Waals surface area contributed by atoms with Crippen molar-refractivity contribution in [2.75, 3.05) is 17.7 Å². The molecular weight excluding hydrogens is 498 g/mol. The zero-order valence-electron chi connectivity index (χ0n) is 19.3. The number of carbonyl (C=O) groups is 2. The number of furan rings is 1. The van der Waals surface area contributed by atoms with Gasteiger partial charge in [0.1, 0.15) is 5.76 Å². The highest BCUT2D eigenvalue weighted by Crippen LogP contribution is 2.43. The molecule has 0 fully saturated rings. The molecule has 0 saturated heterocycles. The van der Waals surface area contributed by atoms with Gasteiger partial charge in [-0.15, -0.1) is 0 Å². The van der Waals surface area contributed by atoms with Gasteiger partial charge in [-0.2, -0.15) is 5.26 Å². The number of ether oxygens (including phenoxy) is 1. The Hall–Kier alpha value is -3.93. The first-order valence-corrected chi connectivity index (χ1v) is 12.5. The fourth-order valence-electron chi connectivity index (χ4n) is 3.77. The van der Waals surface area contributed by atoms with Crippen LogP contribution in [0.5, 0.6) is 0 Å². The Morgan fingerprint density at radius 2 is 1.89 bits per heavy atom. The van der Waals surface area contributed by atoms with Crippen LogP contribution in [0.4, 0.5) is 5.69 Å². The number of esters is 1. The van der Waals surface area contributed by atoms with Gasteiger partial charge in [-0.25, -0.2) is 4.79 Å². The van der Waals surface area contributed by atoms with Crippen molar-refractivity contribution in [2.24, 2.45) is 0 Å². The number of nitrogens with zero attached hydrogens (tertiary/aromatic N) is 1. The summed E-state index contributed by atoms with van der Waals surface area (Å²) >= 11 is 7.08. The van der Waals surface area contributed by atoms with E-state index in [1.165, 1.54) is 18.0 Å². The summed E-state index contributed by atoms with van der Waals surface area (Å²) < 4.78 is 11.0. The van der Waals surface area contributed by atoms with E-state index in [4.69, 9.17) is 20.8 Å². The number of dihydropyridines is 1. The number of hydrogen-bond donors (Lipinski definition) is 2. The maximum absolute atomic E-state index is 13.2. The zero-order valence-corrected chi connectivity index (χ0v) is 20.9. The van der Waals surface area contributed by atoms with Crippen molar-refractivity contribution in [3.05, 3.63) is 106 Å². The molecule has 0 unspecified atom stereocenters. The van der Waals surface area contributed by atoms with Crippen molar-refractivity contribution in [2.45, 2.75) is 12.8 Å². The summed E-state index contributed by atoms with van der Waals surface area (Å²) in [6, 6.07) is 21.7. The summed E-state index contributed by atoms with van der Waals surface area (Å²) in [5, 5.41) is 17.2. The average Bonchev–Trinajstić information content (AvgIpc) is 3.43. The molecule has 1 aliphatic heterocycles. The average molecular weight is 520 g/mol. The number of halogens is 1. The number of carbonyl (C=O) groups excluding carboxylic acids is 2. The van der Waals surface area contributed by atoms with E-state index in [-0.39, 0.29) is 29.4 Å². The zero-order chi connectivity index (χ0) is 25.5. The van der Waals surface area contributed by atoms with Gasteiger partial charge >= 0.3 is 5.97 Å². The lowest BCUT2D eigenvalue weighted by atomic mass is 9.84. The maximum atomic E-state index is 13.2. The first-order valence-electron chi connectivity index (χ1n) is 11.1. The first kappa shape index (κ1) is 25.2. The lowest BCUT2D eigenvalue weighted by Crippen LogP contribution is -2.29. The number of nitriles is 1. The molecule has 36 heavy (non-hydrogen) atoms. The first-order chi connectivity index (χ1) is 17.5. The maximum Gasteiger partial charge on any atom is 0.337 e. The molecule has 1 aliphatic rings. The molecule has 182 valence electrons. The summed E-state index contributed by atoms with van der Waals surface area (Å²) in [7, 11) is 0. The van der Waals surface area contributed by atoms with E-state index in [1.807, 2.05) is 30.3 Å². The quantitative estimate of drug-likeness (QED) is 0.368. The summed E-state index contributed by atoms with van der Waals surface area (Å²) in [6.07, 6.45) is 1.49. The van der Waals surface area contributed by atoms with E-state index in [0.717, 1.165) is 5.56 Å². The molecule has 9 heteroatoms. The van der Waals surface area contributed by atoms with Gasteiger partial charge in [0, 0.05) is 10.7 Å². The highest BCUT2D eigenvalue weighted by atomic mass is 35.5. The molecule has 4 rings (SSSR count). The minimum atomic E-state index is -0.803. The topological polar surface area (TPSA) is 104 Å². The SMILES string of the molecule is CCOC(=O)C1=C(c2ccccc2)NC(SCC(=O)Nc2ccc(Cl)cc2)=C(C#N)[C@@H]1c1ccco1. The molecular formula is C27H22ClN3O4S. The second kappa shape index (κ2) is 11.7. The molecule has 2 aromatic carbocycles. The van der Waals surface area contributed by atoms with Crippen LogP contribution < -0.4 is 10.6 Å². The molecule has 2 N–H and O–H groups in total. The molecule has 0 bridgehead atoms. The highest BCUT2D eigenvalue weighted by molar-refractivity contribution is 8.03. The Labute approximate surface area is 217 Å². The minimum Gasteiger partial charge on any atom is -0.468 e. The largest absolute Gasteiger partial charge is 0.468 e. The van der Waals surface area contributed by atoms with Gasteiger partial charge in [0.25, 0.3) is 0 Å². The molecule has 0 saturated carbocycles. The van der Waals surface area contributed by atoms with Crippen LogP contribution in [0.1, 0.15) is 24.2 Å². The summed E-state index contributed by atoms with van der Waals surface area (Å²) in [5.74, 6) is -1.17. The van der Waals surface area contributed by atoms with E-state index < -0.39 is 11.9 Å². The second-order valence-corrected chi connectivity index (χ2v) is 9.07. The van der Waals surface area contributed by atoms with Crippen LogP contribution in [-0.4, -0.2) is 24.2 Å². The van der Waals surface area contributed by atoms with E-state index in [1.54, 1.807) is 43.3 Å². The van der Waals surface area contributed by atoms with E-state index >= 15 is 0 Å². The van der Waals surface area contributed by atoms with Gasteiger partial charge in [-0.05, 0) is 48.9 Å². The summed E-state index contributed by atoms with van der Waals surface area (Å²) in [5.41, 5.74) is 2.37. The predicted octanol–water partition coefficient (Wildman–Crippen LogP) is 5.70. The standard InChI is InChI=1S/C27H22ClN3O4S/c1-2-34-27(33)24-23(21-9-6-14-35-21)20(15-29)26(31-25(24)17-7-4-3-5-8-17)36-16-22(32)30-19-12-10-18(28)11-13-19/h3-14,23,31H,2,16H2,1H3,(H,30,32)/t23-/m1/s1. The number of hydrogen-bond acceptors (Lipinski definition) is 7. The number of benzene rings is 2. The number of amides is 1. The Morgan fingerprint density at radius 3 is 2.53 bits per heavy atom. The Morgan fingerprint density at radius 1 is 1.14 bits per heavy atom. The van der Waals surface area contributed by atoms with E-state index in [2.05, 4.69) is 16.7 Å². The van der Waals surface area contributed by atoms with Gasteiger partial charge in [0.05, 0.1) is 52.5 Å². The Balaban J connectivity index is 1.70. The third-order valence-corrected chi connectivity index (χ3v) is 6.58. The second-order valence-electron chi connectivity index (χ2n) is 7.65. The number of thioether (sulfide) groups is 1. The molecule has 1 amide bonds. The molecule has 1 aromatic heterocycles. The molecule has 0 aliphatic carbocycles. The predicted molar refractivity (Wildman–Crippen MR) is 140 cm³/mol. The lowest BCUT2D eigenvalue weighted by Gasteiger charge is -2.29. The fraction of sp³-hybridized carbons (Fsp3) is 0.148. The van der Waals surface area contributed by atoms with Gasteiger partial charge in [0.2, 0.25) is 5.91 Å². The molecule has 7 nitrogen and oxygen atoms in total. The van der Waals surface area contributed by atoms with Crippen LogP contribution in [0.25, 0.3) is 5.70 Å². The van der Waals surface area contributed by atoms with Gasteiger partial charge in [0.15, 0.2) is 0 Å². The smallest absolute Gasteiger partial charge is 0.337 e. The molecule has 0 radical (unpaired) electrons. The monoisotopic (exact) mass is 519 g/mol. The van der Waals surface area contributed by atoms with Crippen LogP contribution in [0.3, 0.4) is 0 Å². The number of allylic oxidation sites excluding steroid dienone is 1. The third-order valence-electron chi connectivity index (χ3n) is 5.31. The van der Waals surface area contributed by atoms with E-state index in [9.17, 15) is 14.9 Å². The third kappa shape index (κ3) is 5.65. The van der Waals surface area contributed by atoms with Crippen LogP contribution in [0.2, 0.25) is 5.02 Å². The van der Waals surface area contributed by atoms with Crippen molar-refractivity contribution >= 4 is 46.6 Å². The van der Waals surface area contributed by atoms with Crippen LogP contribution >= 0.6 is 23.4 Å². The Kier molecular flexibility index (Phi) is 8.16. The fourth-order valence-corrected chi connectivity index (χ4v) is 4.73. The minimum absolute atomic E-state index is 0.0256. The summed E-state index contributed by atoms with van der Waals surface area (Å²) in [4.78, 5) is 25.8. The van der Waals surface area contributed by atoms with Gasteiger partial charge in [-0.1, -0.05) is 53.7 Å². The summed E-state index contributed by atoms with van der Waals surface area (Å²) in [6.45, 7) is 1.90. The van der Waals surface area contributed by atoms with Crippen molar-refractivity contribution in [3.63, 3.8) is 0 Å². The van der Waals surface area contributed by atoms with Crippen LogP contribution in [0.15, 0.2) is 93.6 Å². The van der Waals surface area contributed by atoms with Gasteiger partial charge < -0.3 is 19.8 Å². The van der Waals surface area contributed by atoms with Crippen LogP contribution in [-0.2, 0) is 14.3 Å². The Bertz CT molecular complexity index is 1340. The molecule has 2 heterocycles. The number of rotatable bonds is 8. The molecule has 3 aromatic rings. The normalized spacial score (nSPS) is 15.2. The van der Waals surface area contributed by atoms with Crippen molar-refractivity contribution in [1.82, 2.24) is 5.32 Å². The highest BCUT2D eigenvalue weighted by Gasteiger charge is 2.38. The number of nitrogens with one attached hydrogen (secondary N) is 2. The lowest BCUT2D eigenvalue weighted by molar-refractivity contribution is -0.138.